The van der Waals surface area contributed by atoms with E-state index >= 15 is 0 Å². The first-order chi connectivity index (χ1) is 10.2. The lowest BCUT2D eigenvalue weighted by atomic mass is 9.92. The third-order valence-corrected chi connectivity index (χ3v) is 5.03. The number of carbonyl (C=O) groups is 1. The van der Waals surface area contributed by atoms with Crippen LogP contribution < -0.4 is 5.32 Å². The van der Waals surface area contributed by atoms with E-state index in [9.17, 15) is 4.79 Å². The molecule has 4 heteroatoms. The molecule has 1 aliphatic heterocycles. The Labute approximate surface area is 132 Å². The number of para-hydroxylation sites is 1. The van der Waals surface area contributed by atoms with Gasteiger partial charge in [0.1, 0.15) is 0 Å². The number of thioether (sulfide) groups is 1. The van der Waals surface area contributed by atoms with Crippen molar-refractivity contribution in [2.24, 2.45) is 5.92 Å². The Kier molecular flexibility index (Phi) is 6.58. The summed E-state index contributed by atoms with van der Waals surface area (Å²) in [6.45, 7) is 4.47. The van der Waals surface area contributed by atoms with Gasteiger partial charge in [0.15, 0.2) is 0 Å². The van der Waals surface area contributed by atoms with E-state index in [1.807, 2.05) is 18.2 Å². The Morgan fingerprint density at radius 3 is 2.76 bits per heavy atom. The second-order valence-electron chi connectivity index (χ2n) is 5.76. The zero-order valence-corrected chi connectivity index (χ0v) is 13.9. The maximum atomic E-state index is 12.1. The highest BCUT2D eigenvalue weighted by atomic mass is 32.2. The topological polar surface area (TPSA) is 32.3 Å². The van der Waals surface area contributed by atoms with Crippen LogP contribution in [0.4, 0.5) is 5.69 Å². The first kappa shape index (κ1) is 16.4. The molecule has 1 aromatic rings. The molecule has 1 saturated heterocycles. The van der Waals surface area contributed by atoms with Crippen molar-refractivity contribution in [3.05, 3.63) is 24.3 Å². The second-order valence-corrected chi connectivity index (χ2v) is 7.07. The summed E-state index contributed by atoms with van der Waals surface area (Å²) in [7, 11) is 2.17. The second kappa shape index (κ2) is 8.44. The van der Waals surface area contributed by atoms with Crippen LogP contribution in [0.1, 0.15) is 32.6 Å². The van der Waals surface area contributed by atoms with Crippen LogP contribution in [0, 0.1) is 5.92 Å². The monoisotopic (exact) mass is 306 g/mol. The lowest BCUT2D eigenvalue weighted by Gasteiger charge is -2.28. The van der Waals surface area contributed by atoms with Crippen molar-refractivity contribution >= 4 is 23.4 Å². The van der Waals surface area contributed by atoms with Gasteiger partial charge in [-0.1, -0.05) is 19.1 Å². The molecule has 0 aliphatic carbocycles. The summed E-state index contributed by atoms with van der Waals surface area (Å²) >= 11 is 1.77. The molecule has 1 aromatic carbocycles. The molecule has 1 fully saturated rings. The number of amides is 1. The molecule has 116 valence electrons. The number of nitrogens with one attached hydrogen (secondary N) is 1. The molecule has 0 saturated carbocycles. The van der Waals surface area contributed by atoms with Gasteiger partial charge in [0, 0.05) is 11.3 Å². The molecule has 0 aromatic heterocycles. The summed E-state index contributed by atoms with van der Waals surface area (Å²) < 4.78 is 0. The summed E-state index contributed by atoms with van der Waals surface area (Å²) in [6.07, 6.45) is 4.11. The fraction of sp³-hybridized carbons (Fsp3) is 0.588. The smallest absolute Gasteiger partial charge is 0.224 e. The van der Waals surface area contributed by atoms with E-state index in [1.54, 1.807) is 11.8 Å². The Morgan fingerprint density at radius 2 is 2.05 bits per heavy atom. The molecule has 0 atom stereocenters. The number of rotatable bonds is 6. The molecule has 0 spiro atoms. The van der Waals surface area contributed by atoms with Crippen LogP contribution in [0.3, 0.4) is 0 Å². The van der Waals surface area contributed by atoms with Crippen LogP contribution in [0.25, 0.3) is 0 Å². The standard InChI is InChI=1S/C17H26N2OS/c1-3-21-16-7-5-4-6-15(16)18-17(20)9-8-14-10-12-19(2)13-11-14/h4-7,14H,3,8-13H2,1-2H3,(H,18,20). The van der Waals surface area contributed by atoms with Crippen molar-refractivity contribution < 1.29 is 4.79 Å². The minimum Gasteiger partial charge on any atom is -0.325 e. The Bertz CT molecular complexity index is 456. The molecule has 0 radical (unpaired) electrons. The van der Waals surface area contributed by atoms with Gasteiger partial charge in [-0.25, -0.2) is 0 Å². The van der Waals surface area contributed by atoms with E-state index in [1.165, 1.54) is 25.9 Å². The van der Waals surface area contributed by atoms with Gasteiger partial charge in [-0.15, -0.1) is 11.8 Å². The highest BCUT2D eigenvalue weighted by Gasteiger charge is 2.17. The predicted molar refractivity (Wildman–Crippen MR) is 90.9 cm³/mol. The molecule has 2 rings (SSSR count). The predicted octanol–water partition coefficient (Wildman–Crippen LogP) is 3.86. The average Bonchev–Trinajstić information content (AvgIpc) is 2.49. The number of carbonyl (C=O) groups excluding carboxylic acids is 1. The third-order valence-electron chi connectivity index (χ3n) is 4.08. The van der Waals surface area contributed by atoms with Crippen LogP contribution in [0.5, 0.6) is 0 Å². The maximum absolute atomic E-state index is 12.1. The van der Waals surface area contributed by atoms with E-state index in [2.05, 4.69) is 30.3 Å². The summed E-state index contributed by atoms with van der Waals surface area (Å²) in [4.78, 5) is 15.7. The first-order valence-electron chi connectivity index (χ1n) is 7.89. The lowest BCUT2D eigenvalue weighted by molar-refractivity contribution is -0.116. The SMILES string of the molecule is CCSc1ccccc1NC(=O)CCC1CCN(C)CC1. The van der Waals surface area contributed by atoms with Gasteiger partial charge < -0.3 is 10.2 Å². The summed E-state index contributed by atoms with van der Waals surface area (Å²) in [5, 5.41) is 3.07. The normalized spacial score (nSPS) is 16.9. The quantitative estimate of drug-likeness (QED) is 0.810. The fourth-order valence-electron chi connectivity index (χ4n) is 2.75. The largest absolute Gasteiger partial charge is 0.325 e. The van der Waals surface area contributed by atoms with Crippen LogP contribution in [0.2, 0.25) is 0 Å². The van der Waals surface area contributed by atoms with Gasteiger partial charge in [0.05, 0.1) is 5.69 Å². The summed E-state index contributed by atoms with van der Waals surface area (Å²) in [6, 6.07) is 8.06. The van der Waals surface area contributed by atoms with E-state index in [4.69, 9.17) is 0 Å². The minimum absolute atomic E-state index is 0.151. The van der Waals surface area contributed by atoms with Crippen molar-refractivity contribution in [3.63, 3.8) is 0 Å². The fourth-order valence-corrected chi connectivity index (χ4v) is 3.51. The molecule has 0 bridgehead atoms. The number of piperidine rings is 1. The molecule has 1 heterocycles. The van der Waals surface area contributed by atoms with Crippen LogP contribution >= 0.6 is 11.8 Å². The van der Waals surface area contributed by atoms with Gasteiger partial charge >= 0.3 is 0 Å². The van der Waals surface area contributed by atoms with Gasteiger partial charge in [-0.2, -0.15) is 0 Å². The van der Waals surface area contributed by atoms with Crippen molar-refractivity contribution in [1.29, 1.82) is 0 Å². The van der Waals surface area contributed by atoms with Gasteiger partial charge in [-0.05, 0) is 63.2 Å². The Hall–Kier alpha value is -1.00. The number of hydrogen-bond donors (Lipinski definition) is 1. The number of nitrogens with zero attached hydrogens (tertiary/aromatic N) is 1. The van der Waals surface area contributed by atoms with E-state index < -0.39 is 0 Å². The van der Waals surface area contributed by atoms with Gasteiger partial charge in [-0.3, -0.25) is 4.79 Å². The van der Waals surface area contributed by atoms with Crippen LogP contribution in [-0.4, -0.2) is 36.7 Å². The number of likely N-dealkylation sites (tertiary alicyclic amines) is 1. The Balaban J connectivity index is 1.79. The van der Waals surface area contributed by atoms with Crippen molar-refractivity contribution in [2.45, 2.75) is 37.5 Å². The first-order valence-corrected chi connectivity index (χ1v) is 8.87. The molecule has 1 aliphatic rings. The van der Waals surface area contributed by atoms with Gasteiger partial charge in [0.2, 0.25) is 5.91 Å². The highest BCUT2D eigenvalue weighted by Crippen LogP contribution is 2.27. The molecule has 3 nitrogen and oxygen atoms in total. The third kappa shape index (κ3) is 5.36. The summed E-state index contributed by atoms with van der Waals surface area (Å²) in [5.74, 6) is 1.88. The highest BCUT2D eigenvalue weighted by molar-refractivity contribution is 7.99. The zero-order chi connectivity index (χ0) is 15.1. The molecular formula is C17H26N2OS. The zero-order valence-electron chi connectivity index (χ0n) is 13.1. The lowest BCUT2D eigenvalue weighted by Crippen LogP contribution is -2.30. The molecular weight excluding hydrogens is 280 g/mol. The van der Waals surface area contributed by atoms with Crippen LogP contribution in [-0.2, 0) is 4.79 Å². The van der Waals surface area contributed by atoms with E-state index in [0.29, 0.717) is 12.3 Å². The molecule has 1 N–H and O–H groups in total. The van der Waals surface area contributed by atoms with Gasteiger partial charge in [0.25, 0.3) is 0 Å². The summed E-state index contributed by atoms with van der Waals surface area (Å²) in [5.41, 5.74) is 0.956. The minimum atomic E-state index is 0.151. The van der Waals surface area contributed by atoms with Crippen molar-refractivity contribution in [2.75, 3.05) is 31.2 Å². The number of benzene rings is 1. The Morgan fingerprint density at radius 1 is 1.33 bits per heavy atom. The van der Waals surface area contributed by atoms with E-state index in [0.717, 1.165) is 22.8 Å². The van der Waals surface area contributed by atoms with E-state index in [-0.39, 0.29) is 5.91 Å². The van der Waals surface area contributed by atoms with Crippen LogP contribution in [0.15, 0.2) is 29.2 Å². The number of anilines is 1. The molecule has 1 amide bonds. The number of hydrogen-bond acceptors (Lipinski definition) is 3. The molecule has 0 unspecified atom stereocenters. The van der Waals surface area contributed by atoms with Crippen molar-refractivity contribution in [1.82, 2.24) is 4.90 Å². The average molecular weight is 306 g/mol. The molecule has 21 heavy (non-hydrogen) atoms. The maximum Gasteiger partial charge on any atom is 0.224 e. The van der Waals surface area contributed by atoms with Crippen molar-refractivity contribution in [3.8, 4) is 0 Å².